The summed E-state index contributed by atoms with van der Waals surface area (Å²) in [6, 6.07) is 10.1. The molecular formula is C22H31N3O. The van der Waals surface area contributed by atoms with Gasteiger partial charge in [-0.15, -0.1) is 0 Å². The van der Waals surface area contributed by atoms with Crippen LogP contribution in [0.15, 0.2) is 36.5 Å². The van der Waals surface area contributed by atoms with E-state index in [0.717, 1.165) is 30.1 Å². The minimum Gasteiger partial charge on any atom is -0.390 e. The van der Waals surface area contributed by atoms with Crippen molar-refractivity contribution in [1.29, 1.82) is 0 Å². The van der Waals surface area contributed by atoms with Crippen LogP contribution >= 0.6 is 0 Å². The third kappa shape index (κ3) is 7.36. The lowest BCUT2D eigenvalue weighted by molar-refractivity contribution is 0.277. The molecule has 26 heavy (non-hydrogen) atoms. The third-order valence-corrected chi connectivity index (χ3v) is 4.26. The highest BCUT2D eigenvalue weighted by molar-refractivity contribution is 5.68. The summed E-state index contributed by atoms with van der Waals surface area (Å²) in [5, 5.41) is 12.9. The second kappa shape index (κ2) is 11.4. The van der Waals surface area contributed by atoms with Crippen LogP contribution in [0.3, 0.4) is 0 Å². The third-order valence-electron chi connectivity index (χ3n) is 4.26. The molecule has 2 aromatic rings. The number of unbranched alkanes of at least 4 members (excludes halogenated alkanes) is 3. The number of rotatable bonds is 11. The van der Waals surface area contributed by atoms with Gasteiger partial charge in [-0.25, -0.2) is 9.97 Å². The molecule has 2 N–H and O–H groups in total. The van der Waals surface area contributed by atoms with E-state index in [9.17, 15) is 5.11 Å². The molecule has 0 fully saturated rings. The molecule has 0 radical (unpaired) electrons. The van der Waals surface area contributed by atoms with Crippen molar-refractivity contribution < 1.29 is 5.11 Å². The van der Waals surface area contributed by atoms with Crippen molar-refractivity contribution in [3.8, 4) is 0 Å². The molecule has 0 unspecified atom stereocenters. The molecule has 0 aliphatic carbocycles. The van der Waals surface area contributed by atoms with Crippen LogP contribution < -0.4 is 5.32 Å². The average molecular weight is 354 g/mol. The molecule has 1 heterocycles. The minimum atomic E-state index is -0.114. The fourth-order valence-corrected chi connectivity index (χ4v) is 2.76. The van der Waals surface area contributed by atoms with Crippen molar-refractivity contribution >= 4 is 18.0 Å². The summed E-state index contributed by atoms with van der Waals surface area (Å²) in [6.07, 6.45) is 11.9. The molecule has 0 saturated carbocycles. The summed E-state index contributed by atoms with van der Waals surface area (Å²) in [6.45, 7) is 5.30. The van der Waals surface area contributed by atoms with Gasteiger partial charge < -0.3 is 10.4 Å². The normalized spacial score (nSPS) is 11.4. The van der Waals surface area contributed by atoms with E-state index in [0.29, 0.717) is 11.5 Å². The number of hydrogen-bond acceptors (Lipinski definition) is 4. The summed E-state index contributed by atoms with van der Waals surface area (Å²) < 4.78 is 0. The molecule has 0 bridgehead atoms. The van der Waals surface area contributed by atoms with Gasteiger partial charge >= 0.3 is 0 Å². The maximum absolute atomic E-state index is 9.59. The number of nitrogens with one attached hydrogen (secondary N) is 1. The van der Waals surface area contributed by atoms with Crippen molar-refractivity contribution in [2.75, 3.05) is 11.9 Å². The van der Waals surface area contributed by atoms with Gasteiger partial charge in [-0.3, -0.25) is 0 Å². The lowest BCUT2D eigenvalue weighted by Gasteiger charge is -2.10. The van der Waals surface area contributed by atoms with Crippen molar-refractivity contribution in [3.05, 3.63) is 53.5 Å². The van der Waals surface area contributed by atoms with Gasteiger partial charge in [0.2, 0.25) is 0 Å². The van der Waals surface area contributed by atoms with Gasteiger partial charge in [0.1, 0.15) is 11.5 Å². The Morgan fingerprint density at radius 3 is 2.54 bits per heavy atom. The predicted octanol–water partition coefficient (Wildman–Crippen LogP) is 5.16. The summed E-state index contributed by atoms with van der Waals surface area (Å²) in [5.74, 6) is 1.48. The molecule has 1 aromatic heterocycles. The van der Waals surface area contributed by atoms with Crippen molar-refractivity contribution in [3.63, 3.8) is 0 Å². The number of nitrogens with zero attached hydrogens (tertiary/aromatic N) is 2. The van der Waals surface area contributed by atoms with Crippen LogP contribution in [0.4, 0.5) is 5.82 Å². The number of aliphatic hydroxyl groups excluding tert-OH is 1. The SMILES string of the molecule is CC(C)CCCCCCNc1ncc(/C=C\c2ccccc2)nc1CO. The van der Waals surface area contributed by atoms with Crippen LogP contribution in [-0.4, -0.2) is 21.6 Å². The number of aromatic nitrogens is 2. The van der Waals surface area contributed by atoms with E-state index in [1.807, 2.05) is 42.5 Å². The highest BCUT2D eigenvalue weighted by atomic mass is 16.3. The second-order valence-electron chi connectivity index (χ2n) is 7.02. The fraction of sp³-hybridized carbons (Fsp3) is 0.455. The molecule has 0 aliphatic heterocycles. The first-order valence-corrected chi connectivity index (χ1v) is 9.63. The fourth-order valence-electron chi connectivity index (χ4n) is 2.76. The maximum Gasteiger partial charge on any atom is 0.150 e. The monoisotopic (exact) mass is 353 g/mol. The lowest BCUT2D eigenvalue weighted by Crippen LogP contribution is -2.08. The largest absolute Gasteiger partial charge is 0.390 e. The van der Waals surface area contributed by atoms with Crippen LogP contribution in [0, 0.1) is 5.92 Å². The molecule has 0 atom stereocenters. The second-order valence-corrected chi connectivity index (χ2v) is 7.02. The Kier molecular flexibility index (Phi) is 8.84. The Bertz CT molecular complexity index is 668. The summed E-state index contributed by atoms with van der Waals surface area (Å²) in [5.41, 5.74) is 2.46. The summed E-state index contributed by atoms with van der Waals surface area (Å²) >= 11 is 0. The van der Waals surface area contributed by atoms with Crippen molar-refractivity contribution in [2.45, 2.75) is 52.6 Å². The van der Waals surface area contributed by atoms with E-state index in [1.165, 1.54) is 25.7 Å². The zero-order valence-corrected chi connectivity index (χ0v) is 16.0. The van der Waals surface area contributed by atoms with Gasteiger partial charge in [0, 0.05) is 6.54 Å². The van der Waals surface area contributed by atoms with Crippen LogP contribution in [-0.2, 0) is 6.61 Å². The van der Waals surface area contributed by atoms with Crippen LogP contribution in [0.1, 0.15) is 62.9 Å². The molecule has 0 spiro atoms. The van der Waals surface area contributed by atoms with E-state index in [1.54, 1.807) is 6.20 Å². The van der Waals surface area contributed by atoms with Crippen LogP contribution in [0.25, 0.3) is 12.2 Å². The molecule has 140 valence electrons. The molecule has 0 amide bonds. The zero-order chi connectivity index (χ0) is 18.6. The highest BCUT2D eigenvalue weighted by Crippen LogP contribution is 2.14. The number of hydrogen-bond donors (Lipinski definition) is 2. The molecule has 0 aliphatic rings. The molecule has 4 nitrogen and oxygen atoms in total. The Hall–Kier alpha value is -2.20. The van der Waals surface area contributed by atoms with E-state index in [2.05, 4.69) is 29.1 Å². The topological polar surface area (TPSA) is 58.0 Å². The molecule has 1 aromatic carbocycles. The van der Waals surface area contributed by atoms with Crippen molar-refractivity contribution in [1.82, 2.24) is 9.97 Å². The molecular weight excluding hydrogens is 322 g/mol. The first-order valence-electron chi connectivity index (χ1n) is 9.63. The molecule has 4 heteroatoms. The first kappa shape index (κ1) is 20.1. The number of anilines is 1. The van der Waals surface area contributed by atoms with Gasteiger partial charge in [-0.1, -0.05) is 75.9 Å². The zero-order valence-electron chi connectivity index (χ0n) is 16.0. The van der Waals surface area contributed by atoms with E-state index in [4.69, 9.17) is 0 Å². The Labute approximate surface area is 157 Å². The van der Waals surface area contributed by atoms with Gasteiger partial charge in [-0.05, 0) is 24.0 Å². The Balaban J connectivity index is 1.81. The van der Waals surface area contributed by atoms with E-state index >= 15 is 0 Å². The quantitative estimate of drug-likeness (QED) is 0.548. The number of aliphatic hydroxyl groups is 1. The molecule has 0 saturated heterocycles. The first-order chi connectivity index (χ1) is 12.7. The van der Waals surface area contributed by atoms with Gasteiger partial charge in [0.05, 0.1) is 18.5 Å². The van der Waals surface area contributed by atoms with E-state index < -0.39 is 0 Å². The minimum absolute atomic E-state index is 0.114. The number of benzene rings is 1. The highest BCUT2D eigenvalue weighted by Gasteiger charge is 2.05. The van der Waals surface area contributed by atoms with Crippen LogP contribution in [0.5, 0.6) is 0 Å². The van der Waals surface area contributed by atoms with Crippen LogP contribution in [0.2, 0.25) is 0 Å². The van der Waals surface area contributed by atoms with E-state index in [-0.39, 0.29) is 6.61 Å². The van der Waals surface area contributed by atoms with Gasteiger partial charge in [0.25, 0.3) is 0 Å². The van der Waals surface area contributed by atoms with Gasteiger partial charge in [-0.2, -0.15) is 0 Å². The molecule has 2 rings (SSSR count). The summed E-state index contributed by atoms with van der Waals surface area (Å²) in [4.78, 5) is 8.93. The van der Waals surface area contributed by atoms with Crippen molar-refractivity contribution in [2.24, 2.45) is 5.92 Å². The maximum atomic E-state index is 9.59. The van der Waals surface area contributed by atoms with Gasteiger partial charge in [0.15, 0.2) is 0 Å². The smallest absolute Gasteiger partial charge is 0.150 e. The summed E-state index contributed by atoms with van der Waals surface area (Å²) in [7, 11) is 0. The standard InChI is InChI=1S/C22H31N3O/c1-18(2)10-6-3-4-9-15-23-22-21(17-26)25-20(16-24-22)14-13-19-11-7-5-8-12-19/h5,7-8,11-14,16,18,26H,3-4,6,9-10,15,17H2,1-2H3,(H,23,24)/b14-13-. The lowest BCUT2D eigenvalue weighted by atomic mass is 10.0. The Morgan fingerprint density at radius 1 is 1.04 bits per heavy atom. The Morgan fingerprint density at radius 2 is 1.81 bits per heavy atom. The average Bonchev–Trinajstić information content (AvgIpc) is 2.66. The predicted molar refractivity (Wildman–Crippen MR) is 110 cm³/mol.